The average molecular weight is 362 g/mol. The van der Waals surface area contributed by atoms with Crippen molar-refractivity contribution in [1.82, 2.24) is 20.2 Å². The van der Waals surface area contributed by atoms with Gasteiger partial charge in [-0.3, -0.25) is 0 Å². The number of aliphatic hydroxyl groups is 1. The monoisotopic (exact) mass is 362 g/mol. The predicted molar refractivity (Wildman–Crippen MR) is 90.7 cm³/mol. The molecule has 1 aromatic heterocycles. The molecule has 1 unspecified atom stereocenters. The van der Waals surface area contributed by atoms with Gasteiger partial charge in [-0.25, -0.2) is 8.78 Å². The van der Waals surface area contributed by atoms with Gasteiger partial charge in [0.1, 0.15) is 11.6 Å². The summed E-state index contributed by atoms with van der Waals surface area (Å²) >= 11 is 1.19. The molecular weight excluding hydrogens is 346 g/mol. The van der Waals surface area contributed by atoms with Gasteiger partial charge >= 0.3 is 0 Å². The summed E-state index contributed by atoms with van der Waals surface area (Å²) in [5.41, 5.74) is 3.02. The van der Waals surface area contributed by atoms with Crippen molar-refractivity contribution in [3.05, 3.63) is 64.7 Å². The zero-order chi connectivity index (χ0) is 18.0. The van der Waals surface area contributed by atoms with Crippen LogP contribution in [0.1, 0.15) is 22.8 Å². The lowest BCUT2D eigenvalue weighted by atomic mass is 10.1. The fourth-order valence-corrected chi connectivity index (χ4v) is 3.32. The van der Waals surface area contributed by atoms with Gasteiger partial charge < -0.3 is 5.11 Å². The highest BCUT2D eigenvalue weighted by Gasteiger charge is 2.17. The van der Waals surface area contributed by atoms with Crippen LogP contribution in [0.15, 0.2) is 41.6 Å². The highest BCUT2D eigenvalue weighted by molar-refractivity contribution is 7.99. The Morgan fingerprint density at radius 2 is 1.96 bits per heavy atom. The zero-order valence-corrected chi connectivity index (χ0v) is 14.5. The molecule has 0 saturated heterocycles. The number of benzene rings is 2. The second kappa shape index (κ2) is 7.28. The summed E-state index contributed by atoms with van der Waals surface area (Å²) in [6.07, 6.45) is -1.10. The number of hydrogen-bond donors (Lipinski definition) is 1. The molecule has 0 saturated carbocycles. The molecule has 1 heterocycles. The Labute approximate surface area is 147 Å². The summed E-state index contributed by atoms with van der Waals surface area (Å²) in [5.74, 6) is -1.32. The van der Waals surface area contributed by atoms with Gasteiger partial charge in [-0.1, -0.05) is 35.5 Å². The van der Waals surface area contributed by atoms with Crippen LogP contribution in [0.3, 0.4) is 0 Å². The maximum Gasteiger partial charge on any atom is 0.214 e. The van der Waals surface area contributed by atoms with Crippen molar-refractivity contribution in [2.75, 3.05) is 5.75 Å². The number of aromatic nitrogens is 4. The Balaban J connectivity index is 1.77. The molecule has 0 amide bonds. The van der Waals surface area contributed by atoms with Crippen molar-refractivity contribution in [3.63, 3.8) is 0 Å². The fraction of sp³-hybridized carbons (Fsp3) is 0.235. The van der Waals surface area contributed by atoms with Crippen LogP contribution in [0, 0.1) is 25.5 Å². The minimum absolute atomic E-state index is 0.0411. The second-order valence-electron chi connectivity index (χ2n) is 5.66. The van der Waals surface area contributed by atoms with Crippen molar-refractivity contribution in [1.29, 1.82) is 0 Å². The summed E-state index contributed by atoms with van der Waals surface area (Å²) in [5, 5.41) is 22.3. The molecule has 2 aromatic carbocycles. The van der Waals surface area contributed by atoms with Gasteiger partial charge in [0, 0.05) is 17.4 Å². The van der Waals surface area contributed by atoms with Crippen molar-refractivity contribution in [3.8, 4) is 5.69 Å². The first-order chi connectivity index (χ1) is 12.0. The molecule has 130 valence electrons. The molecule has 5 nitrogen and oxygen atoms in total. The van der Waals surface area contributed by atoms with Crippen LogP contribution in [0.25, 0.3) is 5.69 Å². The third-order valence-corrected chi connectivity index (χ3v) is 4.71. The maximum absolute atomic E-state index is 13.7. The quantitative estimate of drug-likeness (QED) is 0.705. The molecule has 1 N–H and O–H groups in total. The Morgan fingerprint density at radius 1 is 1.16 bits per heavy atom. The molecule has 0 fully saturated rings. The van der Waals surface area contributed by atoms with Crippen LogP contribution in [-0.4, -0.2) is 31.1 Å². The third kappa shape index (κ3) is 3.85. The molecule has 0 aliphatic rings. The van der Waals surface area contributed by atoms with Gasteiger partial charge in [-0.15, -0.1) is 5.10 Å². The van der Waals surface area contributed by atoms with Crippen molar-refractivity contribution < 1.29 is 13.9 Å². The molecule has 0 aliphatic carbocycles. The number of rotatable bonds is 5. The van der Waals surface area contributed by atoms with Gasteiger partial charge in [-0.2, -0.15) is 4.68 Å². The van der Waals surface area contributed by atoms with E-state index < -0.39 is 17.7 Å². The number of tetrazole rings is 1. The van der Waals surface area contributed by atoms with Crippen LogP contribution < -0.4 is 0 Å². The maximum atomic E-state index is 13.7. The largest absolute Gasteiger partial charge is 0.387 e. The Bertz CT molecular complexity index is 900. The zero-order valence-electron chi connectivity index (χ0n) is 13.6. The van der Waals surface area contributed by atoms with E-state index >= 15 is 0 Å². The number of halogens is 2. The van der Waals surface area contributed by atoms with Crippen LogP contribution in [0.2, 0.25) is 0 Å². The van der Waals surface area contributed by atoms with Gasteiger partial charge in [0.2, 0.25) is 5.16 Å². The Hall–Kier alpha value is -2.32. The highest BCUT2D eigenvalue weighted by atomic mass is 32.2. The lowest BCUT2D eigenvalue weighted by molar-refractivity contribution is 0.198. The van der Waals surface area contributed by atoms with E-state index in [9.17, 15) is 13.9 Å². The Kier molecular flexibility index (Phi) is 5.10. The third-order valence-electron chi connectivity index (χ3n) is 3.71. The number of thioether (sulfide) groups is 1. The standard InChI is InChI=1S/C17H16F2N4OS/c1-10-3-6-15(11(2)7-10)23-17(20-21-22-23)25-9-16(24)13-5-4-12(18)8-14(13)19/h3-8,16,24H,9H2,1-2H3. The van der Waals surface area contributed by atoms with E-state index in [2.05, 4.69) is 15.5 Å². The van der Waals surface area contributed by atoms with Gasteiger partial charge in [-0.05, 0) is 42.0 Å². The summed E-state index contributed by atoms with van der Waals surface area (Å²) in [7, 11) is 0. The molecule has 0 spiro atoms. The van der Waals surface area contributed by atoms with E-state index in [1.165, 1.54) is 17.8 Å². The van der Waals surface area contributed by atoms with E-state index in [0.717, 1.165) is 28.9 Å². The predicted octanol–water partition coefficient (Wildman–Crippen LogP) is 3.38. The molecule has 1 atom stereocenters. The molecule has 8 heteroatoms. The first-order valence-corrected chi connectivity index (χ1v) is 8.56. The number of hydrogen-bond acceptors (Lipinski definition) is 5. The lowest BCUT2D eigenvalue weighted by Gasteiger charge is -2.12. The van der Waals surface area contributed by atoms with E-state index in [-0.39, 0.29) is 11.3 Å². The number of aliphatic hydroxyl groups excluding tert-OH is 1. The summed E-state index contributed by atoms with van der Waals surface area (Å²) in [6, 6.07) is 9.01. The van der Waals surface area contributed by atoms with Gasteiger partial charge in [0.15, 0.2) is 0 Å². The van der Waals surface area contributed by atoms with Crippen LogP contribution in [0.5, 0.6) is 0 Å². The SMILES string of the molecule is Cc1ccc(-n2nnnc2SCC(O)c2ccc(F)cc2F)c(C)c1. The van der Waals surface area contributed by atoms with Crippen molar-refractivity contribution >= 4 is 11.8 Å². The molecule has 0 aliphatic heterocycles. The normalized spacial score (nSPS) is 12.4. The topological polar surface area (TPSA) is 63.8 Å². The molecule has 0 bridgehead atoms. The average Bonchev–Trinajstić information content (AvgIpc) is 3.01. The molecule has 25 heavy (non-hydrogen) atoms. The Morgan fingerprint density at radius 3 is 2.68 bits per heavy atom. The minimum Gasteiger partial charge on any atom is -0.387 e. The van der Waals surface area contributed by atoms with E-state index in [1.54, 1.807) is 4.68 Å². The van der Waals surface area contributed by atoms with Crippen LogP contribution in [0.4, 0.5) is 8.78 Å². The highest BCUT2D eigenvalue weighted by Crippen LogP contribution is 2.27. The fourth-order valence-electron chi connectivity index (χ4n) is 2.48. The van der Waals surface area contributed by atoms with E-state index in [1.807, 2.05) is 32.0 Å². The second-order valence-corrected chi connectivity index (χ2v) is 6.64. The van der Waals surface area contributed by atoms with E-state index in [4.69, 9.17) is 0 Å². The molecular formula is C17H16F2N4OS. The number of nitrogens with zero attached hydrogens (tertiary/aromatic N) is 4. The lowest BCUT2D eigenvalue weighted by Crippen LogP contribution is -2.06. The minimum atomic E-state index is -1.10. The summed E-state index contributed by atoms with van der Waals surface area (Å²) < 4.78 is 28.3. The van der Waals surface area contributed by atoms with E-state index in [0.29, 0.717) is 5.16 Å². The molecule has 0 radical (unpaired) electrons. The summed E-state index contributed by atoms with van der Waals surface area (Å²) in [6.45, 7) is 3.96. The smallest absolute Gasteiger partial charge is 0.214 e. The van der Waals surface area contributed by atoms with Crippen molar-refractivity contribution in [2.24, 2.45) is 0 Å². The van der Waals surface area contributed by atoms with Gasteiger partial charge in [0.05, 0.1) is 11.8 Å². The molecule has 3 rings (SSSR count). The van der Waals surface area contributed by atoms with Gasteiger partial charge in [0.25, 0.3) is 0 Å². The first-order valence-electron chi connectivity index (χ1n) is 7.57. The number of aryl methyl sites for hydroxylation is 2. The van der Waals surface area contributed by atoms with Crippen LogP contribution >= 0.6 is 11.8 Å². The van der Waals surface area contributed by atoms with Crippen molar-refractivity contribution in [2.45, 2.75) is 25.1 Å². The first kappa shape index (κ1) is 17.5. The summed E-state index contributed by atoms with van der Waals surface area (Å²) in [4.78, 5) is 0. The van der Waals surface area contributed by atoms with Crippen LogP contribution in [-0.2, 0) is 0 Å². The molecule has 3 aromatic rings.